The molecule has 0 fully saturated rings. The number of carbonyl (C=O) groups excluding carboxylic acids is 1. The van der Waals surface area contributed by atoms with Gasteiger partial charge in [0.15, 0.2) is 0 Å². The Bertz CT molecular complexity index is 346. The number of rotatable bonds is 1. The van der Waals surface area contributed by atoms with E-state index in [0.29, 0.717) is 5.56 Å². The van der Waals surface area contributed by atoms with Crippen molar-refractivity contribution in [2.45, 2.75) is 6.92 Å². The summed E-state index contributed by atoms with van der Waals surface area (Å²) in [5, 5.41) is 2.51. The highest BCUT2D eigenvalue weighted by atomic mass is 32.1. The highest BCUT2D eigenvalue weighted by Crippen LogP contribution is 2.02. The molecule has 0 aromatic heterocycles. The molecule has 4 heteroatoms. The molecule has 0 unspecified atom stereocenters. The van der Waals surface area contributed by atoms with E-state index in [-0.39, 0.29) is 11.1 Å². The van der Waals surface area contributed by atoms with Crippen LogP contribution in [-0.4, -0.2) is 18.2 Å². The first-order valence-electron chi connectivity index (χ1n) is 4.09. The van der Waals surface area contributed by atoms with Gasteiger partial charge in [-0.25, -0.2) is 0 Å². The van der Waals surface area contributed by atoms with Gasteiger partial charge in [-0.15, -0.1) is 0 Å². The summed E-state index contributed by atoms with van der Waals surface area (Å²) < 4.78 is 4.67. The van der Waals surface area contributed by atoms with Gasteiger partial charge in [0.05, 0.1) is 7.11 Å². The van der Waals surface area contributed by atoms with Gasteiger partial charge in [0.1, 0.15) is 0 Å². The average Bonchev–Trinajstić information content (AvgIpc) is 2.18. The van der Waals surface area contributed by atoms with Gasteiger partial charge in [-0.2, -0.15) is 0 Å². The van der Waals surface area contributed by atoms with E-state index in [2.05, 4.69) is 10.1 Å². The minimum absolute atomic E-state index is 0.0792. The molecule has 0 spiro atoms. The van der Waals surface area contributed by atoms with Gasteiger partial charge in [-0.3, -0.25) is 10.1 Å². The molecule has 1 rings (SSSR count). The van der Waals surface area contributed by atoms with Crippen molar-refractivity contribution in [1.29, 1.82) is 0 Å². The first-order chi connectivity index (χ1) is 6.63. The van der Waals surface area contributed by atoms with E-state index in [4.69, 9.17) is 12.2 Å². The largest absolute Gasteiger partial charge is 0.474 e. The molecule has 1 N–H and O–H groups in total. The van der Waals surface area contributed by atoms with Crippen LogP contribution in [0.15, 0.2) is 24.3 Å². The van der Waals surface area contributed by atoms with Crippen LogP contribution in [0.4, 0.5) is 0 Å². The molecule has 0 atom stereocenters. The molecule has 3 nitrogen and oxygen atoms in total. The van der Waals surface area contributed by atoms with E-state index in [1.54, 1.807) is 12.1 Å². The highest BCUT2D eigenvalue weighted by Gasteiger charge is 2.06. The van der Waals surface area contributed by atoms with Crippen LogP contribution in [0.5, 0.6) is 0 Å². The lowest BCUT2D eigenvalue weighted by Gasteiger charge is -2.04. The van der Waals surface area contributed by atoms with Crippen molar-refractivity contribution in [1.82, 2.24) is 5.32 Å². The van der Waals surface area contributed by atoms with E-state index in [1.807, 2.05) is 19.1 Å². The zero-order valence-electron chi connectivity index (χ0n) is 8.03. The number of aryl methyl sites for hydroxylation is 1. The third-order valence-electron chi connectivity index (χ3n) is 1.71. The number of hydrogen-bond acceptors (Lipinski definition) is 3. The maximum atomic E-state index is 11.4. The van der Waals surface area contributed by atoms with Crippen LogP contribution < -0.4 is 5.32 Å². The number of benzene rings is 1. The Labute approximate surface area is 88.1 Å². The van der Waals surface area contributed by atoms with Crippen molar-refractivity contribution < 1.29 is 9.53 Å². The maximum absolute atomic E-state index is 11.4. The predicted octanol–water partition coefficient (Wildman–Crippen LogP) is 1.66. The van der Waals surface area contributed by atoms with E-state index in [0.717, 1.165) is 5.56 Å². The molecule has 0 saturated carbocycles. The van der Waals surface area contributed by atoms with Crippen LogP contribution in [0.3, 0.4) is 0 Å². The van der Waals surface area contributed by atoms with Crippen LogP contribution in [0.2, 0.25) is 0 Å². The normalized spacial score (nSPS) is 9.29. The number of carbonyl (C=O) groups is 1. The fourth-order valence-corrected chi connectivity index (χ4v) is 1.01. The van der Waals surface area contributed by atoms with E-state index < -0.39 is 0 Å². The SMILES string of the molecule is COC(=S)NC(=O)c1ccc(C)cc1. The summed E-state index contributed by atoms with van der Waals surface area (Å²) in [6, 6.07) is 7.21. The van der Waals surface area contributed by atoms with Gasteiger partial charge in [0, 0.05) is 5.56 Å². The fourth-order valence-electron chi connectivity index (χ4n) is 0.921. The minimum atomic E-state index is -0.253. The Morgan fingerprint density at radius 3 is 2.43 bits per heavy atom. The summed E-state index contributed by atoms with van der Waals surface area (Å²) in [7, 11) is 1.41. The molecule has 1 aromatic rings. The van der Waals surface area contributed by atoms with Crippen LogP contribution in [0.25, 0.3) is 0 Å². The second-order valence-corrected chi connectivity index (χ2v) is 3.18. The third-order valence-corrected chi connectivity index (χ3v) is 1.98. The number of amides is 1. The quantitative estimate of drug-likeness (QED) is 0.715. The Hall–Kier alpha value is -1.42. The second-order valence-electron chi connectivity index (χ2n) is 2.81. The molecule has 0 aliphatic heterocycles. The predicted molar refractivity (Wildman–Crippen MR) is 58.3 cm³/mol. The van der Waals surface area contributed by atoms with Gasteiger partial charge < -0.3 is 4.74 Å². The zero-order chi connectivity index (χ0) is 10.6. The van der Waals surface area contributed by atoms with Gasteiger partial charge in [0.25, 0.3) is 11.1 Å². The number of nitrogens with one attached hydrogen (secondary N) is 1. The van der Waals surface area contributed by atoms with Gasteiger partial charge in [-0.1, -0.05) is 17.7 Å². The van der Waals surface area contributed by atoms with Gasteiger partial charge in [0.2, 0.25) is 0 Å². The molecule has 0 bridgehead atoms. The summed E-state index contributed by atoms with van der Waals surface area (Å²) in [5.74, 6) is -0.253. The molecule has 0 saturated heterocycles. The average molecular weight is 209 g/mol. The molecular formula is C10H11NO2S. The lowest BCUT2D eigenvalue weighted by molar-refractivity contribution is 0.0970. The monoisotopic (exact) mass is 209 g/mol. The van der Waals surface area contributed by atoms with Crippen molar-refractivity contribution in [3.8, 4) is 0 Å². The molecule has 0 radical (unpaired) electrons. The standard InChI is InChI=1S/C10H11NO2S/c1-7-3-5-8(6-4-7)9(12)11-10(14)13-2/h3-6H,1-2H3,(H,11,12,14). The molecule has 0 aliphatic carbocycles. The van der Waals surface area contributed by atoms with E-state index in [9.17, 15) is 4.79 Å². The third kappa shape index (κ3) is 2.81. The Morgan fingerprint density at radius 1 is 1.36 bits per heavy atom. The first kappa shape index (κ1) is 10.7. The highest BCUT2D eigenvalue weighted by molar-refractivity contribution is 7.80. The van der Waals surface area contributed by atoms with Gasteiger partial charge in [-0.05, 0) is 31.3 Å². The van der Waals surface area contributed by atoms with Crippen molar-refractivity contribution >= 4 is 23.3 Å². The Kier molecular flexibility index (Phi) is 3.59. The second kappa shape index (κ2) is 4.72. The lowest BCUT2D eigenvalue weighted by atomic mass is 10.1. The van der Waals surface area contributed by atoms with Gasteiger partial charge >= 0.3 is 0 Å². The first-order valence-corrected chi connectivity index (χ1v) is 4.50. The molecule has 74 valence electrons. The number of ether oxygens (including phenoxy) is 1. The summed E-state index contributed by atoms with van der Waals surface area (Å²) in [5.41, 5.74) is 1.67. The van der Waals surface area contributed by atoms with Crippen LogP contribution >= 0.6 is 12.2 Å². The topological polar surface area (TPSA) is 38.3 Å². The summed E-state index contributed by atoms with van der Waals surface area (Å²) >= 11 is 4.70. The van der Waals surface area contributed by atoms with E-state index >= 15 is 0 Å². The Balaban J connectivity index is 2.70. The zero-order valence-corrected chi connectivity index (χ0v) is 8.85. The molecule has 1 amide bonds. The van der Waals surface area contributed by atoms with E-state index in [1.165, 1.54) is 7.11 Å². The lowest BCUT2D eigenvalue weighted by Crippen LogP contribution is -2.29. The maximum Gasteiger partial charge on any atom is 0.263 e. The molecular weight excluding hydrogens is 198 g/mol. The molecule has 0 aliphatic rings. The Morgan fingerprint density at radius 2 is 1.93 bits per heavy atom. The van der Waals surface area contributed by atoms with Crippen LogP contribution in [0, 0.1) is 6.92 Å². The summed E-state index contributed by atoms with van der Waals surface area (Å²) in [4.78, 5) is 11.4. The smallest absolute Gasteiger partial charge is 0.263 e. The van der Waals surface area contributed by atoms with Crippen LogP contribution in [0.1, 0.15) is 15.9 Å². The molecule has 0 heterocycles. The fraction of sp³-hybridized carbons (Fsp3) is 0.200. The minimum Gasteiger partial charge on any atom is -0.474 e. The van der Waals surface area contributed by atoms with Crippen molar-refractivity contribution in [3.63, 3.8) is 0 Å². The number of thiocarbonyl (C=S) groups is 1. The van der Waals surface area contributed by atoms with Crippen molar-refractivity contribution in [2.75, 3.05) is 7.11 Å². The number of hydrogen-bond donors (Lipinski definition) is 1. The summed E-state index contributed by atoms with van der Waals surface area (Å²) in [6.45, 7) is 1.96. The molecule has 14 heavy (non-hydrogen) atoms. The van der Waals surface area contributed by atoms with Crippen LogP contribution in [-0.2, 0) is 4.74 Å². The van der Waals surface area contributed by atoms with Crippen molar-refractivity contribution in [2.24, 2.45) is 0 Å². The van der Waals surface area contributed by atoms with Crippen molar-refractivity contribution in [3.05, 3.63) is 35.4 Å². The summed E-state index contributed by atoms with van der Waals surface area (Å²) in [6.07, 6.45) is 0. The number of methoxy groups -OCH3 is 1. The molecule has 1 aromatic carbocycles.